The largest absolute Gasteiger partial charge is 0.330 e. The number of nitrogens with one attached hydrogen (secondary N) is 1. The van der Waals surface area contributed by atoms with Crippen molar-refractivity contribution in [2.45, 2.75) is 25.7 Å². The van der Waals surface area contributed by atoms with Gasteiger partial charge in [0, 0.05) is 23.0 Å². The van der Waals surface area contributed by atoms with E-state index in [0.717, 1.165) is 19.3 Å². The molecule has 0 unspecified atom stereocenters. The molecule has 1 aliphatic rings. The Kier molecular flexibility index (Phi) is 4.39. The van der Waals surface area contributed by atoms with Gasteiger partial charge in [0.15, 0.2) is 0 Å². The van der Waals surface area contributed by atoms with Gasteiger partial charge in [0.25, 0.3) is 5.69 Å². The fraction of sp³-hybridized carbons (Fsp3) is 0.462. The molecular formula is C13H16BrN3O3. The normalized spacial score (nSPS) is 16.3. The standard InChI is InChI=1S/C13H16BrN3O3/c14-10-3-2-9(17(19)20)6-11(10)16-12(18)7-13(8-15)4-1-5-13/h2-3,6H,1,4-5,7-8,15H2,(H,16,18). The molecule has 0 bridgehead atoms. The summed E-state index contributed by atoms with van der Waals surface area (Å²) in [6.45, 7) is 0.497. The number of benzene rings is 1. The lowest BCUT2D eigenvalue weighted by atomic mass is 9.66. The Morgan fingerprint density at radius 3 is 2.70 bits per heavy atom. The molecule has 1 amide bonds. The second-order valence-electron chi connectivity index (χ2n) is 5.20. The van der Waals surface area contributed by atoms with E-state index in [4.69, 9.17) is 5.73 Å². The SMILES string of the molecule is NCC1(CC(=O)Nc2cc([N+](=O)[O-])ccc2Br)CCC1. The molecule has 0 aromatic heterocycles. The number of carbonyl (C=O) groups is 1. The fourth-order valence-corrected chi connectivity index (χ4v) is 2.73. The van der Waals surface area contributed by atoms with Crippen molar-refractivity contribution in [1.29, 1.82) is 0 Å². The third kappa shape index (κ3) is 3.16. The second-order valence-corrected chi connectivity index (χ2v) is 6.06. The molecule has 1 aromatic carbocycles. The van der Waals surface area contributed by atoms with Gasteiger partial charge >= 0.3 is 0 Å². The summed E-state index contributed by atoms with van der Waals surface area (Å²) in [5.74, 6) is -0.156. The van der Waals surface area contributed by atoms with Crippen molar-refractivity contribution in [2.24, 2.45) is 11.1 Å². The van der Waals surface area contributed by atoms with Gasteiger partial charge in [0.05, 0.1) is 10.6 Å². The summed E-state index contributed by atoms with van der Waals surface area (Å²) >= 11 is 3.27. The number of nitro groups is 1. The molecule has 2 rings (SSSR count). The smallest absolute Gasteiger partial charge is 0.271 e. The van der Waals surface area contributed by atoms with E-state index in [1.165, 1.54) is 12.1 Å². The van der Waals surface area contributed by atoms with Crippen molar-refractivity contribution in [2.75, 3.05) is 11.9 Å². The van der Waals surface area contributed by atoms with Crippen LogP contribution in [0.4, 0.5) is 11.4 Å². The number of nitro benzene ring substituents is 1. The zero-order chi connectivity index (χ0) is 14.8. The summed E-state index contributed by atoms with van der Waals surface area (Å²) < 4.78 is 0.617. The third-order valence-corrected chi connectivity index (χ3v) is 4.51. The number of rotatable bonds is 5. The molecule has 0 atom stereocenters. The Labute approximate surface area is 125 Å². The molecule has 0 heterocycles. The molecule has 0 radical (unpaired) electrons. The molecule has 3 N–H and O–H groups in total. The number of hydrogen-bond acceptors (Lipinski definition) is 4. The highest BCUT2D eigenvalue weighted by molar-refractivity contribution is 9.10. The Morgan fingerprint density at radius 2 is 2.20 bits per heavy atom. The first-order chi connectivity index (χ1) is 9.46. The van der Waals surface area contributed by atoms with Gasteiger partial charge in [-0.05, 0) is 46.8 Å². The maximum Gasteiger partial charge on any atom is 0.271 e. The van der Waals surface area contributed by atoms with E-state index in [1.807, 2.05) is 0 Å². The van der Waals surface area contributed by atoms with Crippen LogP contribution in [0.5, 0.6) is 0 Å². The zero-order valence-electron chi connectivity index (χ0n) is 10.9. The summed E-state index contributed by atoms with van der Waals surface area (Å²) in [6.07, 6.45) is 3.39. The summed E-state index contributed by atoms with van der Waals surface area (Å²) in [5, 5.41) is 13.5. The number of amides is 1. The van der Waals surface area contributed by atoms with Crippen molar-refractivity contribution in [1.82, 2.24) is 0 Å². The fourth-order valence-electron chi connectivity index (χ4n) is 2.39. The molecule has 108 valence electrons. The average Bonchev–Trinajstić information content (AvgIpc) is 2.36. The Hall–Kier alpha value is -1.47. The van der Waals surface area contributed by atoms with Crippen LogP contribution in [0.2, 0.25) is 0 Å². The number of anilines is 1. The van der Waals surface area contributed by atoms with Crippen LogP contribution in [0.3, 0.4) is 0 Å². The molecule has 6 nitrogen and oxygen atoms in total. The van der Waals surface area contributed by atoms with E-state index in [1.54, 1.807) is 6.07 Å². The van der Waals surface area contributed by atoms with Crippen LogP contribution in [-0.4, -0.2) is 17.4 Å². The predicted molar refractivity (Wildman–Crippen MR) is 79.4 cm³/mol. The van der Waals surface area contributed by atoms with E-state index < -0.39 is 4.92 Å². The highest BCUT2D eigenvalue weighted by atomic mass is 79.9. The van der Waals surface area contributed by atoms with Gasteiger partial charge in [0.2, 0.25) is 5.91 Å². The summed E-state index contributed by atoms with van der Waals surface area (Å²) in [5.41, 5.74) is 6.00. The first kappa shape index (κ1) is 14.9. The van der Waals surface area contributed by atoms with Crippen molar-refractivity contribution >= 4 is 33.2 Å². The van der Waals surface area contributed by atoms with Crippen LogP contribution in [-0.2, 0) is 4.79 Å². The second kappa shape index (κ2) is 5.88. The summed E-state index contributed by atoms with van der Waals surface area (Å²) in [7, 11) is 0. The molecular weight excluding hydrogens is 326 g/mol. The average molecular weight is 342 g/mol. The van der Waals surface area contributed by atoms with Crippen molar-refractivity contribution < 1.29 is 9.72 Å². The first-order valence-electron chi connectivity index (χ1n) is 6.40. The van der Waals surface area contributed by atoms with Crippen molar-refractivity contribution in [3.63, 3.8) is 0 Å². The van der Waals surface area contributed by atoms with E-state index in [2.05, 4.69) is 21.2 Å². The van der Waals surface area contributed by atoms with Gasteiger partial charge in [-0.15, -0.1) is 0 Å². The van der Waals surface area contributed by atoms with Gasteiger partial charge in [-0.25, -0.2) is 0 Å². The number of nitrogens with zero attached hydrogens (tertiary/aromatic N) is 1. The molecule has 0 spiro atoms. The topological polar surface area (TPSA) is 98.3 Å². The highest BCUT2D eigenvalue weighted by Crippen LogP contribution is 2.43. The molecule has 0 saturated heterocycles. The van der Waals surface area contributed by atoms with E-state index in [-0.39, 0.29) is 17.0 Å². The maximum atomic E-state index is 12.1. The maximum absolute atomic E-state index is 12.1. The lowest BCUT2D eigenvalue weighted by molar-refractivity contribution is -0.384. The predicted octanol–water partition coefficient (Wildman–Crippen LogP) is 2.81. The molecule has 1 fully saturated rings. The van der Waals surface area contributed by atoms with E-state index in [0.29, 0.717) is 23.1 Å². The van der Waals surface area contributed by atoms with E-state index in [9.17, 15) is 14.9 Å². The Morgan fingerprint density at radius 1 is 1.50 bits per heavy atom. The lowest BCUT2D eigenvalue weighted by Gasteiger charge is -2.40. The van der Waals surface area contributed by atoms with Gasteiger partial charge in [-0.1, -0.05) is 6.42 Å². The Balaban J connectivity index is 2.07. The molecule has 1 aliphatic carbocycles. The minimum atomic E-state index is -0.491. The minimum Gasteiger partial charge on any atom is -0.330 e. The molecule has 0 aliphatic heterocycles. The molecule has 7 heteroatoms. The minimum absolute atomic E-state index is 0.0549. The molecule has 1 saturated carbocycles. The number of carbonyl (C=O) groups excluding carboxylic acids is 1. The number of hydrogen-bond donors (Lipinski definition) is 2. The molecule has 1 aromatic rings. The van der Waals surface area contributed by atoms with Crippen molar-refractivity contribution in [3.8, 4) is 0 Å². The monoisotopic (exact) mass is 341 g/mol. The first-order valence-corrected chi connectivity index (χ1v) is 7.19. The van der Waals surface area contributed by atoms with Gasteiger partial charge in [-0.2, -0.15) is 0 Å². The van der Waals surface area contributed by atoms with Crippen LogP contribution in [0.1, 0.15) is 25.7 Å². The lowest BCUT2D eigenvalue weighted by Crippen LogP contribution is -2.40. The Bertz CT molecular complexity index is 538. The van der Waals surface area contributed by atoms with Crippen LogP contribution >= 0.6 is 15.9 Å². The van der Waals surface area contributed by atoms with Crippen LogP contribution < -0.4 is 11.1 Å². The van der Waals surface area contributed by atoms with Gasteiger partial charge in [0.1, 0.15) is 0 Å². The molecule has 20 heavy (non-hydrogen) atoms. The van der Waals surface area contributed by atoms with Gasteiger partial charge in [-0.3, -0.25) is 14.9 Å². The zero-order valence-corrected chi connectivity index (χ0v) is 12.5. The summed E-state index contributed by atoms with van der Waals surface area (Å²) in [6, 6.07) is 4.28. The van der Waals surface area contributed by atoms with E-state index >= 15 is 0 Å². The summed E-state index contributed by atoms with van der Waals surface area (Å²) in [4.78, 5) is 22.3. The number of nitrogens with two attached hydrogens (primary N) is 1. The van der Waals surface area contributed by atoms with Gasteiger partial charge < -0.3 is 11.1 Å². The van der Waals surface area contributed by atoms with Crippen LogP contribution in [0, 0.1) is 15.5 Å². The third-order valence-electron chi connectivity index (χ3n) is 3.82. The van der Waals surface area contributed by atoms with Crippen LogP contribution in [0.15, 0.2) is 22.7 Å². The number of halogens is 1. The number of non-ortho nitro benzene ring substituents is 1. The quantitative estimate of drug-likeness (QED) is 0.635. The van der Waals surface area contributed by atoms with Crippen molar-refractivity contribution in [3.05, 3.63) is 32.8 Å². The van der Waals surface area contributed by atoms with Crippen LogP contribution in [0.25, 0.3) is 0 Å². The highest BCUT2D eigenvalue weighted by Gasteiger charge is 2.37.